The molecule has 1 aromatic carbocycles. The van der Waals surface area contributed by atoms with Crippen LogP contribution in [0.3, 0.4) is 0 Å². The number of benzene rings is 1. The van der Waals surface area contributed by atoms with Crippen molar-refractivity contribution in [2.45, 2.75) is 31.8 Å². The second-order valence-electron chi connectivity index (χ2n) is 4.08. The van der Waals surface area contributed by atoms with E-state index in [1.165, 1.54) is 6.42 Å². The molecule has 0 aromatic heterocycles. The molecule has 2 amide bonds. The third-order valence-corrected chi connectivity index (χ3v) is 3.34. The van der Waals surface area contributed by atoms with Crippen LogP contribution in [0.25, 0.3) is 0 Å². The Morgan fingerprint density at radius 3 is 2.56 bits per heavy atom. The van der Waals surface area contributed by atoms with E-state index in [0.717, 1.165) is 22.9 Å². The van der Waals surface area contributed by atoms with Crippen LogP contribution in [-0.2, 0) is 6.54 Å². The minimum absolute atomic E-state index is 0.0624. The highest BCUT2D eigenvalue weighted by Crippen LogP contribution is 2.17. The Kier molecular flexibility index (Phi) is 3.83. The Labute approximate surface area is 104 Å². The van der Waals surface area contributed by atoms with Crippen LogP contribution in [0.5, 0.6) is 0 Å². The third kappa shape index (κ3) is 3.23. The first kappa shape index (κ1) is 11.5. The fourth-order valence-electron chi connectivity index (χ4n) is 1.57. The Balaban J connectivity index is 1.73. The average Bonchev–Trinajstić information content (AvgIpc) is 2.23. The maximum absolute atomic E-state index is 11.5. The molecule has 16 heavy (non-hydrogen) atoms. The number of amides is 2. The molecule has 1 aliphatic carbocycles. The van der Waals surface area contributed by atoms with Crippen LogP contribution in [0.2, 0.25) is 0 Å². The van der Waals surface area contributed by atoms with E-state index in [-0.39, 0.29) is 6.03 Å². The predicted molar refractivity (Wildman–Crippen MR) is 67.2 cm³/mol. The van der Waals surface area contributed by atoms with Gasteiger partial charge in [0.1, 0.15) is 0 Å². The molecule has 0 bridgehead atoms. The molecule has 1 aromatic rings. The molecule has 1 saturated carbocycles. The van der Waals surface area contributed by atoms with Crippen molar-refractivity contribution in [1.29, 1.82) is 0 Å². The van der Waals surface area contributed by atoms with Gasteiger partial charge in [0.15, 0.2) is 0 Å². The minimum Gasteiger partial charge on any atom is -0.335 e. The van der Waals surface area contributed by atoms with Gasteiger partial charge < -0.3 is 10.6 Å². The number of halogens is 1. The summed E-state index contributed by atoms with van der Waals surface area (Å²) in [4.78, 5) is 11.5. The van der Waals surface area contributed by atoms with Gasteiger partial charge in [-0.1, -0.05) is 28.1 Å². The maximum atomic E-state index is 11.5. The molecule has 0 atom stereocenters. The molecule has 2 N–H and O–H groups in total. The number of rotatable bonds is 3. The molecule has 86 valence electrons. The summed E-state index contributed by atoms with van der Waals surface area (Å²) in [6.45, 7) is 0.575. The summed E-state index contributed by atoms with van der Waals surface area (Å²) in [7, 11) is 0. The van der Waals surface area contributed by atoms with Crippen molar-refractivity contribution in [2.24, 2.45) is 0 Å². The van der Waals surface area contributed by atoms with E-state index in [2.05, 4.69) is 26.6 Å². The van der Waals surface area contributed by atoms with E-state index < -0.39 is 0 Å². The van der Waals surface area contributed by atoms with Crippen LogP contribution in [-0.4, -0.2) is 12.1 Å². The molecule has 0 aliphatic heterocycles. The number of carbonyl (C=O) groups is 1. The van der Waals surface area contributed by atoms with Gasteiger partial charge in [0.05, 0.1) is 0 Å². The molecule has 3 nitrogen and oxygen atoms in total. The van der Waals surface area contributed by atoms with Gasteiger partial charge in [0.25, 0.3) is 0 Å². The van der Waals surface area contributed by atoms with Gasteiger partial charge >= 0.3 is 6.03 Å². The maximum Gasteiger partial charge on any atom is 0.315 e. The Morgan fingerprint density at radius 2 is 2.00 bits per heavy atom. The lowest BCUT2D eigenvalue weighted by Gasteiger charge is -2.26. The Bertz CT molecular complexity index is 360. The monoisotopic (exact) mass is 282 g/mol. The van der Waals surface area contributed by atoms with E-state index in [1.807, 2.05) is 24.3 Å². The van der Waals surface area contributed by atoms with Gasteiger partial charge in [-0.2, -0.15) is 0 Å². The first-order valence-corrected chi connectivity index (χ1v) is 6.32. The number of hydrogen-bond donors (Lipinski definition) is 2. The van der Waals surface area contributed by atoms with Crippen molar-refractivity contribution in [3.05, 3.63) is 34.3 Å². The molecule has 0 unspecified atom stereocenters. The Morgan fingerprint density at radius 1 is 1.31 bits per heavy atom. The highest BCUT2D eigenvalue weighted by Gasteiger charge is 2.18. The molecule has 2 rings (SSSR count). The van der Waals surface area contributed by atoms with E-state index in [0.29, 0.717) is 12.6 Å². The molecule has 0 saturated heterocycles. The largest absolute Gasteiger partial charge is 0.335 e. The summed E-state index contributed by atoms with van der Waals surface area (Å²) in [5.74, 6) is 0. The van der Waals surface area contributed by atoms with Crippen molar-refractivity contribution in [1.82, 2.24) is 10.6 Å². The van der Waals surface area contributed by atoms with Gasteiger partial charge in [-0.15, -0.1) is 0 Å². The summed E-state index contributed by atoms with van der Waals surface area (Å²) in [6, 6.07) is 8.26. The number of urea groups is 1. The van der Waals surface area contributed by atoms with Crippen LogP contribution in [0.15, 0.2) is 28.7 Å². The fourth-order valence-corrected chi connectivity index (χ4v) is 1.84. The van der Waals surface area contributed by atoms with E-state index in [4.69, 9.17) is 0 Å². The third-order valence-electron chi connectivity index (χ3n) is 2.81. The summed E-state index contributed by atoms with van der Waals surface area (Å²) in [6.07, 6.45) is 3.47. The molecule has 1 fully saturated rings. The molecule has 0 heterocycles. The summed E-state index contributed by atoms with van der Waals surface area (Å²) in [5.41, 5.74) is 1.10. The lowest BCUT2D eigenvalue weighted by molar-refractivity contribution is 0.228. The van der Waals surface area contributed by atoms with E-state index >= 15 is 0 Å². The van der Waals surface area contributed by atoms with E-state index in [1.54, 1.807) is 0 Å². The topological polar surface area (TPSA) is 41.1 Å². The van der Waals surface area contributed by atoms with E-state index in [9.17, 15) is 4.79 Å². The highest BCUT2D eigenvalue weighted by atomic mass is 79.9. The number of nitrogens with one attached hydrogen (secondary N) is 2. The average molecular weight is 283 g/mol. The fraction of sp³-hybridized carbons (Fsp3) is 0.417. The zero-order chi connectivity index (χ0) is 11.4. The van der Waals surface area contributed by atoms with Gasteiger partial charge in [0.2, 0.25) is 0 Å². The molecular formula is C12H15BrN2O. The van der Waals surface area contributed by atoms with Crippen molar-refractivity contribution in [2.75, 3.05) is 0 Å². The summed E-state index contributed by atoms with van der Waals surface area (Å²) in [5, 5.41) is 5.79. The molecule has 4 heteroatoms. The standard InChI is InChI=1S/C12H15BrN2O/c13-10-6-4-9(5-7-10)8-14-12(16)15-11-2-1-3-11/h4-7,11H,1-3,8H2,(H2,14,15,16). The van der Waals surface area contributed by atoms with Gasteiger partial charge in [0, 0.05) is 17.1 Å². The zero-order valence-electron chi connectivity index (χ0n) is 9.00. The second kappa shape index (κ2) is 5.34. The predicted octanol–water partition coefficient (Wildman–Crippen LogP) is 2.80. The highest BCUT2D eigenvalue weighted by molar-refractivity contribution is 9.10. The first-order chi connectivity index (χ1) is 7.74. The normalized spacial score (nSPS) is 15.3. The van der Waals surface area contributed by atoms with Gasteiger partial charge in [-0.3, -0.25) is 0 Å². The van der Waals surface area contributed by atoms with Crippen LogP contribution in [0, 0.1) is 0 Å². The molecule has 0 radical (unpaired) electrons. The molecule has 0 spiro atoms. The van der Waals surface area contributed by atoms with Crippen LogP contribution < -0.4 is 10.6 Å². The lowest BCUT2D eigenvalue weighted by Crippen LogP contribution is -2.44. The number of hydrogen-bond acceptors (Lipinski definition) is 1. The van der Waals surface area contributed by atoms with Crippen molar-refractivity contribution >= 4 is 22.0 Å². The number of carbonyl (C=O) groups excluding carboxylic acids is 1. The van der Waals surface area contributed by atoms with Crippen LogP contribution >= 0.6 is 15.9 Å². The molecular weight excluding hydrogens is 268 g/mol. The quantitative estimate of drug-likeness (QED) is 0.880. The first-order valence-electron chi connectivity index (χ1n) is 5.53. The zero-order valence-corrected chi connectivity index (χ0v) is 10.6. The van der Waals surface area contributed by atoms with Gasteiger partial charge in [-0.05, 0) is 37.0 Å². The minimum atomic E-state index is -0.0624. The second-order valence-corrected chi connectivity index (χ2v) is 5.00. The van der Waals surface area contributed by atoms with Crippen LogP contribution in [0.1, 0.15) is 24.8 Å². The summed E-state index contributed by atoms with van der Waals surface area (Å²) < 4.78 is 1.05. The van der Waals surface area contributed by atoms with Crippen molar-refractivity contribution in [3.63, 3.8) is 0 Å². The van der Waals surface area contributed by atoms with Crippen molar-refractivity contribution < 1.29 is 4.79 Å². The van der Waals surface area contributed by atoms with Crippen molar-refractivity contribution in [3.8, 4) is 0 Å². The lowest BCUT2D eigenvalue weighted by atomic mass is 9.93. The molecule has 1 aliphatic rings. The smallest absolute Gasteiger partial charge is 0.315 e. The van der Waals surface area contributed by atoms with Crippen LogP contribution in [0.4, 0.5) is 4.79 Å². The SMILES string of the molecule is O=C(NCc1ccc(Br)cc1)NC1CCC1. The van der Waals surface area contributed by atoms with Gasteiger partial charge in [-0.25, -0.2) is 4.79 Å². The summed E-state index contributed by atoms with van der Waals surface area (Å²) >= 11 is 3.38. The Hall–Kier alpha value is -1.03.